The number of nitrogen functional groups attached to an aromatic ring is 1. The standard InChI is InChI=1S/C11H19N5S/c1-11(2,7-16(3)4)6-14-10-8(5-12)9(13)15-17-10/h14H,6-7H2,1-4H3,(H2,13,15). The van der Waals surface area contributed by atoms with Gasteiger partial charge in [-0.15, -0.1) is 0 Å². The number of nitrogens with one attached hydrogen (secondary N) is 1. The second-order valence-electron chi connectivity index (χ2n) is 5.14. The van der Waals surface area contributed by atoms with Crippen LogP contribution in [0.5, 0.6) is 0 Å². The van der Waals surface area contributed by atoms with Crippen LogP contribution >= 0.6 is 11.5 Å². The highest BCUT2D eigenvalue weighted by molar-refractivity contribution is 7.10. The third-order valence-electron chi connectivity index (χ3n) is 2.30. The number of aromatic nitrogens is 1. The third-order valence-corrected chi connectivity index (χ3v) is 3.12. The van der Waals surface area contributed by atoms with Crippen molar-refractivity contribution in [1.29, 1.82) is 5.26 Å². The number of rotatable bonds is 5. The summed E-state index contributed by atoms with van der Waals surface area (Å²) in [7, 11) is 4.10. The molecule has 0 aromatic carbocycles. The van der Waals surface area contributed by atoms with Gasteiger partial charge in [0.05, 0.1) is 0 Å². The maximum atomic E-state index is 8.95. The predicted molar refractivity (Wildman–Crippen MR) is 72.1 cm³/mol. The van der Waals surface area contributed by atoms with Crippen molar-refractivity contribution in [3.05, 3.63) is 5.56 Å². The van der Waals surface area contributed by atoms with Gasteiger partial charge in [0.25, 0.3) is 0 Å². The van der Waals surface area contributed by atoms with E-state index >= 15 is 0 Å². The van der Waals surface area contributed by atoms with E-state index in [-0.39, 0.29) is 5.41 Å². The van der Waals surface area contributed by atoms with Crippen molar-refractivity contribution in [1.82, 2.24) is 9.27 Å². The molecule has 0 aliphatic rings. The van der Waals surface area contributed by atoms with Gasteiger partial charge in [0.2, 0.25) is 0 Å². The minimum absolute atomic E-state index is 0.120. The summed E-state index contributed by atoms with van der Waals surface area (Å²) < 4.78 is 3.97. The second-order valence-corrected chi connectivity index (χ2v) is 5.91. The van der Waals surface area contributed by atoms with E-state index in [4.69, 9.17) is 11.0 Å². The van der Waals surface area contributed by atoms with Crippen LogP contribution in [0.15, 0.2) is 0 Å². The van der Waals surface area contributed by atoms with Crippen LogP contribution in [-0.2, 0) is 0 Å². The monoisotopic (exact) mass is 253 g/mol. The first-order valence-electron chi connectivity index (χ1n) is 5.39. The van der Waals surface area contributed by atoms with Gasteiger partial charge in [-0.05, 0) is 31.0 Å². The second kappa shape index (κ2) is 5.34. The normalized spacial score (nSPS) is 11.5. The lowest BCUT2D eigenvalue weighted by molar-refractivity contribution is 0.254. The highest BCUT2D eigenvalue weighted by atomic mass is 32.1. The zero-order chi connectivity index (χ0) is 13.1. The maximum Gasteiger partial charge on any atom is 0.157 e. The number of nitriles is 1. The lowest BCUT2D eigenvalue weighted by atomic mass is 9.93. The summed E-state index contributed by atoms with van der Waals surface area (Å²) in [4.78, 5) is 2.15. The molecule has 0 aliphatic carbocycles. The zero-order valence-corrected chi connectivity index (χ0v) is 11.6. The smallest absolute Gasteiger partial charge is 0.157 e. The molecule has 94 valence electrons. The van der Waals surface area contributed by atoms with Crippen LogP contribution in [0, 0.1) is 16.7 Å². The molecule has 0 bridgehead atoms. The molecule has 0 aliphatic heterocycles. The van der Waals surface area contributed by atoms with Crippen LogP contribution in [0.1, 0.15) is 19.4 Å². The van der Waals surface area contributed by atoms with Gasteiger partial charge in [-0.25, -0.2) is 0 Å². The van der Waals surface area contributed by atoms with Gasteiger partial charge in [-0.2, -0.15) is 9.64 Å². The quantitative estimate of drug-likeness (QED) is 0.833. The van der Waals surface area contributed by atoms with Crippen molar-refractivity contribution in [3.8, 4) is 6.07 Å². The number of hydrogen-bond acceptors (Lipinski definition) is 6. The van der Waals surface area contributed by atoms with Crippen molar-refractivity contribution in [2.45, 2.75) is 13.8 Å². The van der Waals surface area contributed by atoms with Crippen molar-refractivity contribution in [2.75, 3.05) is 38.2 Å². The first-order valence-corrected chi connectivity index (χ1v) is 6.17. The molecule has 0 saturated heterocycles. The Bertz CT molecular complexity index is 416. The summed E-state index contributed by atoms with van der Waals surface area (Å²) in [5.41, 5.74) is 6.17. The molecule has 0 atom stereocenters. The molecular formula is C11H19N5S. The summed E-state index contributed by atoms with van der Waals surface area (Å²) in [6.07, 6.45) is 0. The van der Waals surface area contributed by atoms with Crippen LogP contribution < -0.4 is 11.1 Å². The molecule has 6 heteroatoms. The molecule has 1 aromatic heterocycles. The number of nitrogens with zero attached hydrogens (tertiary/aromatic N) is 3. The Hall–Kier alpha value is -1.32. The van der Waals surface area contributed by atoms with Gasteiger partial charge in [-0.1, -0.05) is 13.8 Å². The Kier molecular flexibility index (Phi) is 4.32. The molecule has 0 unspecified atom stereocenters. The van der Waals surface area contributed by atoms with E-state index in [2.05, 4.69) is 34.5 Å². The van der Waals surface area contributed by atoms with E-state index in [1.54, 1.807) is 0 Å². The summed E-state index contributed by atoms with van der Waals surface area (Å²) in [5, 5.41) is 13.0. The molecule has 0 amide bonds. The summed E-state index contributed by atoms with van der Waals surface area (Å²) in [5.74, 6) is 0.311. The number of anilines is 2. The lowest BCUT2D eigenvalue weighted by Gasteiger charge is -2.28. The Morgan fingerprint density at radius 3 is 2.71 bits per heavy atom. The Labute approximate surface area is 106 Å². The largest absolute Gasteiger partial charge is 0.382 e. The van der Waals surface area contributed by atoms with E-state index in [0.29, 0.717) is 11.4 Å². The van der Waals surface area contributed by atoms with Gasteiger partial charge in [0.15, 0.2) is 5.82 Å². The summed E-state index contributed by atoms with van der Waals surface area (Å²) in [6.45, 7) is 6.10. The molecule has 0 spiro atoms. The van der Waals surface area contributed by atoms with E-state index in [9.17, 15) is 0 Å². The SMILES string of the molecule is CN(C)CC(C)(C)CNc1snc(N)c1C#N. The molecule has 0 saturated carbocycles. The summed E-state index contributed by atoms with van der Waals surface area (Å²) >= 11 is 1.24. The van der Waals surface area contributed by atoms with Gasteiger partial charge < -0.3 is 16.0 Å². The van der Waals surface area contributed by atoms with Crippen molar-refractivity contribution in [3.63, 3.8) is 0 Å². The van der Waals surface area contributed by atoms with Gasteiger partial charge >= 0.3 is 0 Å². The molecule has 1 heterocycles. The van der Waals surface area contributed by atoms with Crippen LogP contribution in [0.4, 0.5) is 10.8 Å². The average Bonchev–Trinajstić information content (AvgIpc) is 2.54. The van der Waals surface area contributed by atoms with Crippen LogP contribution in [0.2, 0.25) is 0 Å². The van der Waals surface area contributed by atoms with Crippen molar-refractivity contribution >= 4 is 22.4 Å². The van der Waals surface area contributed by atoms with E-state index in [1.165, 1.54) is 11.5 Å². The molecule has 17 heavy (non-hydrogen) atoms. The molecule has 1 aromatic rings. The molecule has 5 nitrogen and oxygen atoms in total. The predicted octanol–water partition coefficient (Wildman–Crippen LogP) is 1.60. The highest BCUT2D eigenvalue weighted by Crippen LogP contribution is 2.27. The van der Waals surface area contributed by atoms with Crippen molar-refractivity contribution in [2.24, 2.45) is 5.41 Å². The minimum Gasteiger partial charge on any atom is -0.382 e. The Balaban J connectivity index is 2.64. The fourth-order valence-electron chi connectivity index (χ4n) is 1.76. The third kappa shape index (κ3) is 3.88. The minimum atomic E-state index is 0.120. The number of hydrogen-bond donors (Lipinski definition) is 2. The molecule has 1 rings (SSSR count). The fourth-order valence-corrected chi connectivity index (χ4v) is 2.42. The lowest BCUT2D eigenvalue weighted by Crippen LogP contribution is -2.34. The topological polar surface area (TPSA) is 78.0 Å². The Morgan fingerprint density at radius 2 is 2.18 bits per heavy atom. The van der Waals surface area contributed by atoms with Crippen LogP contribution in [-0.4, -0.2) is 36.5 Å². The van der Waals surface area contributed by atoms with Crippen molar-refractivity contribution < 1.29 is 0 Å². The summed E-state index contributed by atoms with van der Waals surface area (Å²) in [6, 6.07) is 2.07. The van der Waals surface area contributed by atoms with E-state index in [0.717, 1.165) is 18.1 Å². The van der Waals surface area contributed by atoms with Gasteiger partial charge in [0.1, 0.15) is 16.6 Å². The highest BCUT2D eigenvalue weighted by Gasteiger charge is 2.20. The van der Waals surface area contributed by atoms with E-state index in [1.807, 2.05) is 14.1 Å². The molecule has 3 N–H and O–H groups in total. The number of nitrogens with two attached hydrogens (primary N) is 1. The first kappa shape index (κ1) is 13.7. The maximum absolute atomic E-state index is 8.95. The fraction of sp³-hybridized carbons (Fsp3) is 0.636. The first-order chi connectivity index (χ1) is 7.85. The van der Waals surface area contributed by atoms with E-state index < -0.39 is 0 Å². The van der Waals surface area contributed by atoms with Gasteiger partial charge in [-0.3, -0.25) is 0 Å². The van der Waals surface area contributed by atoms with Crippen LogP contribution in [0.3, 0.4) is 0 Å². The molecular weight excluding hydrogens is 234 g/mol. The Morgan fingerprint density at radius 1 is 1.53 bits per heavy atom. The molecule has 0 radical (unpaired) electrons. The van der Waals surface area contributed by atoms with Crippen LogP contribution in [0.25, 0.3) is 0 Å². The average molecular weight is 253 g/mol. The molecule has 0 fully saturated rings. The van der Waals surface area contributed by atoms with Gasteiger partial charge in [0, 0.05) is 13.1 Å². The zero-order valence-electron chi connectivity index (χ0n) is 10.7.